The summed E-state index contributed by atoms with van der Waals surface area (Å²) in [5.41, 5.74) is 1.93. The van der Waals surface area contributed by atoms with Gasteiger partial charge in [-0.05, 0) is 44.5 Å². The van der Waals surface area contributed by atoms with Gasteiger partial charge in [0.2, 0.25) is 0 Å². The van der Waals surface area contributed by atoms with Crippen LogP contribution in [0.4, 0.5) is 0 Å². The van der Waals surface area contributed by atoms with Gasteiger partial charge in [-0.25, -0.2) is 0 Å². The Balaban J connectivity index is 2.21. The molecule has 0 saturated heterocycles. The van der Waals surface area contributed by atoms with Crippen LogP contribution in [-0.2, 0) is 0 Å². The molecule has 5 heteroatoms. The van der Waals surface area contributed by atoms with Crippen LogP contribution >= 0.6 is 23.5 Å². The van der Waals surface area contributed by atoms with Crippen LogP contribution in [-0.4, -0.2) is 52.1 Å². The summed E-state index contributed by atoms with van der Waals surface area (Å²) in [6, 6.07) is 6.08. The van der Waals surface area contributed by atoms with Crippen LogP contribution in [0.25, 0.3) is 0 Å². The van der Waals surface area contributed by atoms with E-state index in [1.165, 1.54) is 0 Å². The van der Waals surface area contributed by atoms with Gasteiger partial charge >= 0.3 is 0 Å². The Bertz CT molecular complexity index is 505. The SMILES string of the molecule is CCN(C)C(SC)C1CSC(c2ccc(C)cc2O)=N1. The summed E-state index contributed by atoms with van der Waals surface area (Å²) in [6.07, 6.45) is 2.14. The Kier molecular flexibility index (Phi) is 5.41. The topological polar surface area (TPSA) is 35.8 Å². The molecule has 1 heterocycles. The van der Waals surface area contributed by atoms with E-state index in [9.17, 15) is 5.11 Å². The van der Waals surface area contributed by atoms with Crippen molar-refractivity contribution in [2.45, 2.75) is 25.3 Å². The molecule has 1 aliphatic heterocycles. The Morgan fingerprint density at radius 2 is 2.30 bits per heavy atom. The summed E-state index contributed by atoms with van der Waals surface area (Å²) < 4.78 is 0. The van der Waals surface area contributed by atoms with Crippen molar-refractivity contribution in [1.29, 1.82) is 0 Å². The van der Waals surface area contributed by atoms with Crippen LogP contribution < -0.4 is 0 Å². The number of phenols is 1. The summed E-state index contributed by atoms with van der Waals surface area (Å²) in [5.74, 6) is 1.32. The normalized spacial score (nSPS) is 20.2. The average Bonchev–Trinajstić information content (AvgIpc) is 2.88. The molecule has 0 amide bonds. The van der Waals surface area contributed by atoms with Gasteiger partial charge in [0.05, 0.1) is 11.4 Å². The molecular weight excluding hydrogens is 288 g/mol. The quantitative estimate of drug-likeness (QED) is 0.847. The highest BCUT2D eigenvalue weighted by Gasteiger charge is 2.29. The van der Waals surface area contributed by atoms with Gasteiger partial charge in [0.1, 0.15) is 10.8 Å². The molecule has 1 N–H and O–H groups in total. The van der Waals surface area contributed by atoms with Crippen molar-refractivity contribution in [3.63, 3.8) is 0 Å². The van der Waals surface area contributed by atoms with Gasteiger partial charge in [0.25, 0.3) is 0 Å². The maximum atomic E-state index is 10.1. The van der Waals surface area contributed by atoms with Crippen LogP contribution in [0.5, 0.6) is 5.75 Å². The molecule has 0 saturated carbocycles. The first-order valence-corrected chi connectivity index (χ1v) is 9.07. The molecule has 110 valence electrons. The number of hydrogen-bond acceptors (Lipinski definition) is 5. The van der Waals surface area contributed by atoms with Gasteiger partial charge in [-0.1, -0.05) is 13.0 Å². The van der Waals surface area contributed by atoms with Crippen molar-refractivity contribution >= 4 is 28.6 Å². The fraction of sp³-hybridized carbons (Fsp3) is 0.533. The predicted molar refractivity (Wildman–Crippen MR) is 91.2 cm³/mol. The number of aromatic hydroxyl groups is 1. The summed E-state index contributed by atoms with van der Waals surface area (Å²) in [4.78, 5) is 7.18. The number of phenolic OH excluding ortho intramolecular Hbond substituents is 1. The maximum absolute atomic E-state index is 10.1. The largest absolute Gasteiger partial charge is 0.507 e. The Labute approximate surface area is 129 Å². The van der Waals surface area contributed by atoms with Gasteiger partial charge in [-0.15, -0.1) is 23.5 Å². The minimum atomic E-state index is 0.288. The molecule has 1 aromatic carbocycles. The van der Waals surface area contributed by atoms with E-state index in [1.807, 2.05) is 30.8 Å². The molecule has 0 bridgehead atoms. The van der Waals surface area contributed by atoms with E-state index >= 15 is 0 Å². The second-order valence-corrected chi connectivity index (χ2v) is 7.00. The van der Waals surface area contributed by atoms with Gasteiger partial charge in [0, 0.05) is 11.3 Å². The maximum Gasteiger partial charge on any atom is 0.125 e. The number of hydrogen-bond donors (Lipinski definition) is 1. The summed E-state index contributed by atoms with van der Waals surface area (Å²) >= 11 is 3.59. The molecule has 0 radical (unpaired) electrons. The molecule has 0 spiro atoms. The van der Waals surface area contributed by atoms with E-state index in [4.69, 9.17) is 4.99 Å². The highest BCUT2D eigenvalue weighted by atomic mass is 32.2. The number of nitrogens with zero attached hydrogens (tertiary/aromatic N) is 2. The number of benzene rings is 1. The van der Waals surface area contributed by atoms with Crippen molar-refractivity contribution in [1.82, 2.24) is 4.90 Å². The zero-order chi connectivity index (χ0) is 14.7. The first-order valence-electron chi connectivity index (χ1n) is 6.80. The Morgan fingerprint density at radius 1 is 1.55 bits per heavy atom. The van der Waals surface area contributed by atoms with Crippen LogP contribution in [0.1, 0.15) is 18.1 Å². The van der Waals surface area contributed by atoms with Crippen LogP contribution in [0.2, 0.25) is 0 Å². The highest BCUT2D eigenvalue weighted by molar-refractivity contribution is 8.14. The third-order valence-electron chi connectivity index (χ3n) is 3.56. The lowest BCUT2D eigenvalue weighted by Gasteiger charge is -2.28. The van der Waals surface area contributed by atoms with Crippen LogP contribution in [0.15, 0.2) is 23.2 Å². The van der Waals surface area contributed by atoms with Gasteiger partial charge in [-0.3, -0.25) is 9.89 Å². The highest BCUT2D eigenvalue weighted by Crippen LogP contribution is 2.33. The average molecular weight is 310 g/mol. The summed E-state index contributed by atoms with van der Waals surface area (Å²) in [7, 11) is 2.14. The second-order valence-electron chi connectivity index (χ2n) is 5.03. The van der Waals surface area contributed by atoms with Crippen LogP contribution in [0, 0.1) is 6.92 Å². The third-order valence-corrected chi connectivity index (χ3v) is 5.83. The molecule has 0 aromatic heterocycles. The monoisotopic (exact) mass is 310 g/mol. The van der Waals surface area contributed by atoms with Crippen molar-refractivity contribution < 1.29 is 5.11 Å². The van der Waals surface area contributed by atoms with Gasteiger partial charge in [0.15, 0.2) is 0 Å². The van der Waals surface area contributed by atoms with Gasteiger partial charge in [-0.2, -0.15) is 0 Å². The molecule has 0 aliphatic carbocycles. The van der Waals surface area contributed by atoms with E-state index in [0.29, 0.717) is 11.1 Å². The smallest absolute Gasteiger partial charge is 0.125 e. The lowest BCUT2D eigenvalue weighted by atomic mass is 10.1. The molecular formula is C15H22N2OS2. The number of thioether (sulfide) groups is 2. The zero-order valence-electron chi connectivity index (χ0n) is 12.5. The molecule has 2 unspecified atom stereocenters. The minimum Gasteiger partial charge on any atom is -0.507 e. The lowest BCUT2D eigenvalue weighted by Crippen LogP contribution is -2.38. The first-order chi connectivity index (χ1) is 9.56. The summed E-state index contributed by atoms with van der Waals surface area (Å²) in [5, 5.41) is 11.4. The van der Waals surface area contributed by atoms with E-state index in [-0.39, 0.29) is 6.04 Å². The van der Waals surface area contributed by atoms with Crippen molar-refractivity contribution in [2.75, 3.05) is 25.6 Å². The molecule has 1 aromatic rings. The van der Waals surface area contributed by atoms with Crippen molar-refractivity contribution in [3.8, 4) is 5.75 Å². The molecule has 20 heavy (non-hydrogen) atoms. The van der Waals surface area contributed by atoms with E-state index in [2.05, 4.69) is 25.1 Å². The van der Waals surface area contributed by atoms with E-state index in [0.717, 1.165) is 28.5 Å². The zero-order valence-corrected chi connectivity index (χ0v) is 14.1. The third kappa shape index (κ3) is 3.32. The van der Waals surface area contributed by atoms with Gasteiger partial charge < -0.3 is 5.11 Å². The summed E-state index contributed by atoms with van der Waals surface area (Å²) in [6.45, 7) is 5.17. The molecule has 2 atom stereocenters. The fourth-order valence-electron chi connectivity index (χ4n) is 2.32. The van der Waals surface area contributed by atoms with Crippen molar-refractivity contribution in [3.05, 3.63) is 29.3 Å². The number of aryl methyl sites for hydroxylation is 1. The molecule has 2 rings (SSSR count). The Hall–Kier alpha value is -0.650. The molecule has 3 nitrogen and oxygen atoms in total. The second kappa shape index (κ2) is 6.87. The number of aliphatic imine (C=N–C) groups is 1. The minimum absolute atomic E-state index is 0.288. The van der Waals surface area contributed by atoms with E-state index < -0.39 is 0 Å². The van der Waals surface area contributed by atoms with E-state index in [1.54, 1.807) is 17.8 Å². The standard InChI is InChI=1S/C15H22N2OS2/c1-5-17(3)15(19-4)12-9-20-14(16-12)11-7-6-10(2)8-13(11)18/h6-8,12,15,18H,5,9H2,1-4H3. The van der Waals surface area contributed by atoms with Crippen molar-refractivity contribution in [2.24, 2.45) is 4.99 Å². The lowest BCUT2D eigenvalue weighted by molar-refractivity contribution is 0.308. The fourth-order valence-corrected chi connectivity index (χ4v) is 4.54. The first kappa shape index (κ1) is 15.7. The Morgan fingerprint density at radius 3 is 2.90 bits per heavy atom. The molecule has 1 aliphatic rings. The predicted octanol–water partition coefficient (Wildman–Crippen LogP) is 3.20. The van der Waals surface area contributed by atoms with Crippen LogP contribution in [0.3, 0.4) is 0 Å². The number of rotatable bonds is 5. The molecule has 0 fully saturated rings. The number of likely N-dealkylation sites (N-methyl/N-ethyl adjacent to an activating group) is 1.